The molecule has 2 heterocycles. The van der Waals surface area contributed by atoms with Gasteiger partial charge in [-0.1, -0.05) is 24.6 Å². The van der Waals surface area contributed by atoms with Gasteiger partial charge in [-0.15, -0.1) is 0 Å². The maximum absolute atomic E-state index is 12.7. The number of hydrogen-bond acceptors (Lipinski definition) is 3. The van der Waals surface area contributed by atoms with E-state index >= 15 is 0 Å². The number of aromatic amines is 1. The monoisotopic (exact) mass is 331 g/mol. The summed E-state index contributed by atoms with van der Waals surface area (Å²) in [5.41, 5.74) is 1.99. The summed E-state index contributed by atoms with van der Waals surface area (Å²) in [7, 11) is 0. The number of aryl methyl sites for hydroxylation is 1. The van der Waals surface area contributed by atoms with E-state index in [0.29, 0.717) is 17.5 Å². The number of aromatic nitrogens is 2. The van der Waals surface area contributed by atoms with E-state index in [0.717, 1.165) is 17.0 Å². The van der Waals surface area contributed by atoms with E-state index in [4.69, 9.17) is 0 Å². The van der Waals surface area contributed by atoms with Gasteiger partial charge in [0.15, 0.2) is 0 Å². The number of carbonyl (C=O) groups excluding carboxylic acids is 1. The summed E-state index contributed by atoms with van der Waals surface area (Å²) in [6.07, 6.45) is 0. The number of hydrogen-bond donors (Lipinski definition) is 1. The second kappa shape index (κ2) is 6.28. The third kappa shape index (κ3) is 3.08. The minimum atomic E-state index is -0.218. The summed E-state index contributed by atoms with van der Waals surface area (Å²) in [5.74, 6) is 0.827. The summed E-state index contributed by atoms with van der Waals surface area (Å²) in [5, 5.41) is 3.36. The molecule has 0 bridgehead atoms. The SMILES string of the molecule is Cc1ccc(-n2[nH]c(C(=O)N3CCS[C@H](C)[C@H]3C)cc2=O)cc1. The average Bonchev–Trinajstić information content (AvgIpc) is 2.92. The third-order valence-electron chi connectivity index (χ3n) is 4.39. The first-order valence-corrected chi connectivity index (χ1v) is 8.84. The zero-order valence-corrected chi connectivity index (χ0v) is 14.4. The van der Waals surface area contributed by atoms with Crippen LogP contribution in [0.4, 0.5) is 0 Å². The van der Waals surface area contributed by atoms with Crippen molar-refractivity contribution in [2.75, 3.05) is 12.3 Å². The van der Waals surface area contributed by atoms with Gasteiger partial charge in [0.25, 0.3) is 11.5 Å². The van der Waals surface area contributed by atoms with Gasteiger partial charge >= 0.3 is 0 Å². The van der Waals surface area contributed by atoms with Crippen LogP contribution in [0.5, 0.6) is 0 Å². The molecule has 1 aliphatic heterocycles. The number of rotatable bonds is 2. The molecule has 1 aromatic heterocycles. The van der Waals surface area contributed by atoms with Crippen molar-refractivity contribution in [1.82, 2.24) is 14.7 Å². The number of amides is 1. The Hall–Kier alpha value is -1.95. The van der Waals surface area contributed by atoms with Crippen molar-refractivity contribution >= 4 is 17.7 Å². The van der Waals surface area contributed by atoms with Gasteiger partial charge < -0.3 is 4.90 Å². The molecule has 1 fully saturated rings. The molecule has 1 amide bonds. The topological polar surface area (TPSA) is 58.1 Å². The Morgan fingerprint density at radius 1 is 1.26 bits per heavy atom. The first-order valence-electron chi connectivity index (χ1n) is 7.79. The highest BCUT2D eigenvalue weighted by molar-refractivity contribution is 8.00. The highest BCUT2D eigenvalue weighted by Gasteiger charge is 2.30. The lowest BCUT2D eigenvalue weighted by Gasteiger charge is -2.37. The Balaban J connectivity index is 1.89. The molecule has 122 valence electrons. The molecule has 0 saturated carbocycles. The first-order chi connectivity index (χ1) is 11.0. The van der Waals surface area contributed by atoms with E-state index < -0.39 is 0 Å². The fraction of sp³-hybridized carbons (Fsp3) is 0.412. The summed E-state index contributed by atoms with van der Waals surface area (Å²) < 4.78 is 1.42. The molecule has 0 aliphatic carbocycles. The quantitative estimate of drug-likeness (QED) is 0.919. The second-order valence-corrected chi connectivity index (χ2v) is 7.48. The van der Waals surface area contributed by atoms with E-state index in [2.05, 4.69) is 18.9 Å². The van der Waals surface area contributed by atoms with Crippen molar-refractivity contribution < 1.29 is 4.79 Å². The Bertz CT molecular complexity index is 763. The average molecular weight is 331 g/mol. The van der Waals surface area contributed by atoms with Crippen LogP contribution in [0.3, 0.4) is 0 Å². The molecule has 0 unspecified atom stereocenters. The van der Waals surface area contributed by atoms with Crippen LogP contribution >= 0.6 is 11.8 Å². The smallest absolute Gasteiger partial charge is 0.272 e. The van der Waals surface area contributed by atoms with Gasteiger partial charge in [-0.2, -0.15) is 11.8 Å². The summed E-state index contributed by atoms with van der Waals surface area (Å²) in [4.78, 5) is 26.8. The highest BCUT2D eigenvalue weighted by atomic mass is 32.2. The van der Waals surface area contributed by atoms with Crippen LogP contribution in [0.2, 0.25) is 0 Å². The number of carbonyl (C=O) groups is 1. The fourth-order valence-corrected chi connectivity index (χ4v) is 3.86. The molecule has 0 spiro atoms. The normalized spacial score (nSPS) is 21.4. The minimum absolute atomic E-state index is 0.104. The fourth-order valence-electron chi connectivity index (χ4n) is 2.77. The first kappa shape index (κ1) is 15.9. The van der Waals surface area contributed by atoms with Crippen LogP contribution in [0, 0.1) is 6.92 Å². The number of nitrogens with zero attached hydrogens (tertiary/aromatic N) is 2. The lowest BCUT2D eigenvalue weighted by molar-refractivity contribution is 0.0691. The van der Waals surface area contributed by atoms with Crippen LogP contribution in [0.1, 0.15) is 29.9 Å². The molecular weight excluding hydrogens is 310 g/mol. The highest BCUT2D eigenvalue weighted by Crippen LogP contribution is 2.25. The molecule has 0 radical (unpaired) electrons. The molecular formula is C17H21N3O2S. The Morgan fingerprint density at radius 3 is 2.65 bits per heavy atom. The van der Waals surface area contributed by atoms with Crippen LogP contribution in [0.15, 0.2) is 35.1 Å². The zero-order valence-electron chi connectivity index (χ0n) is 13.6. The third-order valence-corrected chi connectivity index (χ3v) is 5.73. The van der Waals surface area contributed by atoms with Gasteiger partial charge in [-0.25, -0.2) is 4.68 Å². The van der Waals surface area contributed by atoms with Crippen LogP contribution in [0.25, 0.3) is 5.69 Å². The van der Waals surface area contributed by atoms with Crippen molar-refractivity contribution in [2.24, 2.45) is 0 Å². The van der Waals surface area contributed by atoms with Crippen molar-refractivity contribution in [2.45, 2.75) is 32.1 Å². The Labute approximate surface area is 139 Å². The number of benzene rings is 1. The molecule has 1 saturated heterocycles. The Morgan fingerprint density at radius 2 is 1.96 bits per heavy atom. The molecule has 2 atom stereocenters. The number of nitrogens with one attached hydrogen (secondary N) is 1. The standard InChI is InChI=1S/C17H21N3O2S/c1-11-4-6-14(7-5-11)20-16(21)10-15(18-20)17(22)19-8-9-23-13(3)12(19)2/h4-7,10,12-13,18H,8-9H2,1-3H3/t12-,13-/m1/s1. The van der Waals surface area contributed by atoms with E-state index in [-0.39, 0.29) is 17.5 Å². The van der Waals surface area contributed by atoms with Crippen LogP contribution in [-0.2, 0) is 0 Å². The van der Waals surface area contributed by atoms with Crippen molar-refractivity contribution in [3.8, 4) is 5.69 Å². The maximum Gasteiger partial charge on any atom is 0.272 e. The van der Waals surface area contributed by atoms with Gasteiger partial charge in [0.05, 0.1) is 5.69 Å². The van der Waals surface area contributed by atoms with Crippen molar-refractivity contribution in [1.29, 1.82) is 0 Å². The van der Waals surface area contributed by atoms with E-state index in [1.165, 1.54) is 10.7 Å². The zero-order chi connectivity index (χ0) is 16.6. The number of thioether (sulfide) groups is 1. The predicted molar refractivity (Wildman–Crippen MR) is 93.5 cm³/mol. The summed E-state index contributed by atoms with van der Waals surface area (Å²) in [6, 6.07) is 9.16. The van der Waals surface area contributed by atoms with Crippen LogP contribution in [-0.4, -0.2) is 44.2 Å². The largest absolute Gasteiger partial charge is 0.333 e. The molecule has 3 rings (SSSR count). The van der Waals surface area contributed by atoms with Gasteiger partial charge in [-0.05, 0) is 26.0 Å². The Kier molecular flexibility index (Phi) is 4.35. The van der Waals surface area contributed by atoms with E-state index in [1.807, 2.05) is 47.9 Å². The van der Waals surface area contributed by atoms with Gasteiger partial charge in [0, 0.05) is 29.7 Å². The lowest BCUT2D eigenvalue weighted by atomic mass is 10.2. The molecule has 2 aromatic rings. The molecule has 6 heteroatoms. The second-order valence-electron chi connectivity index (χ2n) is 5.99. The van der Waals surface area contributed by atoms with Gasteiger partial charge in [-0.3, -0.25) is 14.7 Å². The molecule has 1 N–H and O–H groups in total. The molecule has 1 aliphatic rings. The van der Waals surface area contributed by atoms with Gasteiger partial charge in [0.1, 0.15) is 5.69 Å². The summed E-state index contributed by atoms with van der Waals surface area (Å²) in [6.45, 7) is 6.90. The van der Waals surface area contributed by atoms with Crippen molar-refractivity contribution in [3.05, 3.63) is 51.9 Å². The summed E-state index contributed by atoms with van der Waals surface area (Å²) >= 11 is 1.88. The molecule has 23 heavy (non-hydrogen) atoms. The minimum Gasteiger partial charge on any atom is -0.333 e. The predicted octanol–water partition coefficient (Wildman–Crippen LogP) is 2.44. The van der Waals surface area contributed by atoms with Crippen molar-refractivity contribution in [3.63, 3.8) is 0 Å². The van der Waals surface area contributed by atoms with E-state index in [1.54, 1.807) is 0 Å². The van der Waals surface area contributed by atoms with Crippen LogP contribution < -0.4 is 5.56 Å². The lowest BCUT2D eigenvalue weighted by Crippen LogP contribution is -2.48. The molecule has 5 nitrogen and oxygen atoms in total. The molecule has 1 aromatic carbocycles. The number of H-pyrrole nitrogens is 1. The maximum atomic E-state index is 12.7. The van der Waals surface area contributed by atoms with Gasteiger partial charge in [0.2, 0.25) is 0 Å². The van der Waals surface area contributed by atoms with E-state index in [9.17, 15) is 9.59 Å².